The van der Waals surface area contributed by atoms with Gasteiger partial charge in [0.05, 0.1) is 5.02 Å². The molecule has 1 aliphatic carbocycles. The first-order valence-corrected chi connectivity index (χ1v) is 8.19. The van der Waals surface area contributed by atoms with E-state index in [0.717, 1.165) is 12.1 Å². The number of piperidine rings is 1. The average Bonchev–Trinajstić information content (AvgIpc) is 2.54. The van der Waals surface area contributed by atoms with Gasteiger partial charge in [-0.1, -0.05) is 11.6 Å². The van der Waals surface area contributed by atoms with Crippen LogP contribution in [0.2, 0.25) is 5.02 Å². The van der Waals surface area contributed by atoms with E-state index in [9.17, 15) is 22.4 Å². The van der Waals surface area contributed by atoms with E-state index in [4.69, 9.17) is 21.1 Å². The van der Waals surface area contributed by atoms with Crippen molar-refractivity contribution < 1.29 is 31.8 Å². The molecule has 2 aliphatic rings. The molecule has 2 atom stereocenters. The van der Waals surface area contributed by atoms with Crippen LogP contribution in [0.25, 0.3) is 0 Å². The predicted octanol–water partition coefficient (Wildman–Crippen LogP) is 3.47. The Hall–Kier alpha value is -1.54. The lowest BCUT2D eigenvalue weighted by Gasteiger charge is -2.55. The molecule has 0 amide bonds. The van der Waals surface area contributed by atoms with Crippen LogP contribution in [0.3, 0.4) is 0 Å². The molecule has 1 spiro atoms. The van der Waals surface area contributed by atoms with Crippen LogP contribution in [-0.2, 0) is 9.53 Å². The minimum Gasteiger partial charge on any atom is -0.485 e. The summed E-state index contributed by atoms with van der Waals surface area (Å²) in [5.74, 6) is -2.64. The molecule has 138 valence electrons. The minimum absolute atomic E-state index is 0.00663. The summed E-state index contributed by atoms with van der Waals surface area (Å²) < 4.78 is 61.3. The molecule has 0 radical (unpaired) electrons. The number of nitrogens with one attached hydrogen (secondary N) is 1. The summed E-state index contributed by atoms with van der Waals surface area (Å²) in [6.07, 6.45) is -5.24. The van der Waals surface area contributed by atoms with Crippen LogP contribution >= 0.6 is 11.6 Å². The van der Waals surface area contributed by atoms with Crippen LogP contribution in [0.15, 0.2) is 18.2 Å². The van der Waals surface area contributed by atoms with Crippen molar-refractivity contribution in [3.8, 4) is 5.75 Å². The van der Waals surface area contributed by atoms with Crippen molar-refractivity contribution in [3.05, 3.63) is 29.0 Å². The fourth-order valence-corrected chi connectivity index (χ4v) is 3.70. The number of benzene rings is 1. The molecule has 1 aliphatic heterocycles. The largest absolute Gasteiger partial charge is 0.490 e. The Morgan fingerprint density at radius 1 is 1.28 bits per heavy atom. The first kappa shape index (κ1) is 18.3. The lowest BCUT2D eigenvalue weighted by Crippen LogP contribution is -2.64. The molecule has 1 N–H and O–H groups in total. The highest BCUT2D eigenvalue weighted by Gasteiger charge is 2.59. The molecule has 1 saturated heterocycles. The fourth-order valence-electron chi connectivity index (χ4n) is 3.49. The summed E-state index contributed by atoms with van der Waals surface area (Å²) in [4.78, 5) is 11.3. The lowest BCUT2D eigenvalue weighted by molar-refractivity contribution is -0.237. The van der Waals surface area contributed by atoms with Crippen LogP contribution in [0.5, 0.6) is 5.75 Å². The van der Waals surface area contributed by atoms with Gasteiger partial charge in [0.2, 0.25) is 0 Å². The molecule has 2 unspecified atom stereocenters. The van der Waals surface area contributed by atoms with Crippen molar-refractivity contribution in [3.63, 3.8) is 0 Å². The van der Waals surface area contributed by atoms with E-state index in [2.05, 4.69) is 5.32 Å². The number of halogens is 5. The van der Waals surface area contributed by atoms with E-state index in [1.807, 2.05) is 0 Å². The third kappa shape index (κ3) is 3.69. The zero-order valence-electron chi connectivity index (χ0n) is 13.0. The van der Waals surface area contributed by atoms with Crippen molar-refractivity contribution in [2.24, 2.45) is 5.41 Å². The summed E-state index contributed by atoms with van der Waals surface area (Å²) in [7, 11) is 0. The third-order valence-electron chi connectivity index (χ3n) is 4.79. The number of ether oxygens (including phenoxy) is 2. The highest BCUT2D eigenvalue weighted by Crippen LogP contribution is 2.52. The van der Waals surface area contributed by atoms with Gasteiger partial charge in [0, 0.05) is 5.41 Å². The SMILES string of the molecule is O=C(OC1C(Oc2ccc(F)cc2Cl)CC12CCNCC2)C(F)(F)F. The molecule has 2 fully saturated rings. The molecule has 0 bridgehead atoms. The van der Waals surface area contributed by atoms with Crippen molar-refractivity contribution >= 4 is 17.6 Å². The van der Waals surface area contributed by atoms with Gasteiger partial charge in [-0.3, -0.25) is 0 Å². The minimum atomic E-state index is -5.07. The summed E-state index contributed by atoms with van der Waals surface area (Å²) in [5, 5.41) is 3.13. The van der Waals surface area contributed by atoms with Crippen LogP contribution in [0, 0.1) is 11.2 Å². The normalized spacial score (nSPS) is 25.3. The summed E-state index contributed by atoms with van der Waals surface area (Å²) in [6, 6.07) is 3.48. The average molecular weight is 382 g/mol. The van der Waals surface area contributed by atoms with Gasteiger partial charge in [-0.25, -0.2) is 9.18 Å². The molecule has 1 heterocycles. The predicted molar refractivity (Wildman–Crippen MR) is 80.9 cm³/mol. The zero-order valence-corrected chi connectivity index (χ0v) is 13.8. The first-order chi connectivity index (χ1) is 11.7. The molecule has 1 saturated carbocycles. The van der Waals surface area contributed by atoms with Gasteiger partial charge in [0.1, 0.15) is 23.8 Å². The van der Waals surface area contributed by atoms with E-state index >= 15 is 0 Å². The molecule has 1 aromatic rings. The van der Waals surface area contributed by atoms with E-state index in [1.54, 1.807) is 0 Å². The highest BCUT2D eigenvalue weighted by atomic mass is 35.5. The smallest absolute Gasteiger partial charge is 0.485 e. The van der Waals surface area contributed by atoms with Gasteiger partial charge in [0.15, 0.2) is 0 Å². The van der Waals surface area contributed by atoms with E-state index in [-0.39, 0.29) is 10.8 Å². The van der Waals surface area contributed by atoms with Crippen LogP contribution in [0.1, 0.15) is 19.3 Å². The number of esters is 1. The third-order valence-corrected chi connectivity index (χ3v) is 5.08. The maximum absolute atomic E-state index is 13.1. The number of carbonyl (C=O) groups excluding carboxylic acids is 1. The molecular formula is C16H16ClF4NO3. The topological polar surface area (TPSA) is 47.6 Å². The van der Waals surface area contributed by atoms with E-state index in [0.29, 0.717) is 32.4 Å². The van der Waals surface area contributed by atoms with Crippen LogP contribution in [0.4, 0.5) is 17.6 Å². The number of alkyl halides is 3. The Bertz CT molecular complexity index is 661. The van der Waals surface area contributed by atoms with Gasteiger partial charge in [-0.05, 0) is 50.6 Å². The summed E-state index contributed by atoms with van der Waals surface area (Å²) in [6.45, 7) is 1.26. The van der Waals surface area contributed by atoms with Crippen molar-refractivity contribution in [1.29, 1.82) is 0 Å². The maximum atomic E-state index is 13.1. The Kier molecular flexibility index (Phi) is 4.85. The van der Waals surface area contributed by atoms with Crippen LogP contribution < -0.4 is 10.1 Å². The van der Waals surface area contributed by atoms with Gasteiger partial charge in [-0.15, -0.1) is 0 Å². The van der Waals surface area contributed by atoms with Crippen molar-refractivity contribution in [2.45, 2.75) is 37.6 Å². The van der Waals surface area contributed by atoms with Crippen molar-refractivity contribution in [2.75, 3.05) is 13.1 Å². The molecule has 25 heavy (non-hydrogen) atoms. The second-order valence-corrected chi connectivity index (χ2v) is 6.78. The Labute approximate surface area is 146 Å². The zero-order chi connectivity index (χ0) is 18.2. The Morgan fingerprint density at radius 3 is 2.56 bits per heavy atom. The van der Waals surface area contributed by atoms with Crippen molar-refractivity contribution in [1.82, 2.24) is 5.32 Å². The van der Waals surface area contributed by atoms with Gasteiger partial charge >= 0.3 is 12.1 Å². The molecule has 9 heteroatoms. The Balaban J connectivity index is 1.77. The number of rotatable bonds is 3. The molecule has 4 nitrogen and oxygen atoms in total. The fraction of sp³-hybridized carbons (Fsp3) is 0.562. The number of hydrogen-bond donors (Lipinski definition) is 1. The van der Waals surface area contributed by atoms with Gasteiger partial charge < -0.3 is 14.8 Å². The van der Waals surface area contributed by atoms with E-state index in [1.165, 1.54) is 6.07 Å². The quantitative estimate of drug-likeness (QED) is 0.643. The monoisotopic (exact) mass is 381 g/mol. The van der Waals surface area contributed by atoms with Gasteiger partial charge in [-0.2, -0.15) is 13.2 Å². The number of carbonyl (C=O) groups is 1. The maximum Gasteiger partial charge on any atom is 0.490 e. The first-order valence-electron chi connectivity index (χ1n) is 7.81. The molecular weight excluding hydrogens is 366 g/mol. The Morgan fingerprint density at radius 2 is 1.96 bits per heavy atom. The van der Waals surface area contributed by atoms with Crippen LogP contribution in [-0.4, -0.2) is 37.4 Å². The summed E-state index contributed by atoms with van der Waals surface area (Å²) >= 11 is 5.90. The summed E-state index contributed by atoms with van der Waals surface area (Å²) in [5.41, 5.74) is -0.538. The standard InChI is InChI=1S/C16H16ClF4NO3/c17-10-7-9(18)1-2-11(10)24-12-8-15(3-5-22-6-4-15)13(12)25-14(23)16(19,20)21/h1-2,7,12-13,22H,3-6,8H2. The molecule has 0 aromatic heterocycles. The molecule has 1 aromatic carbocycles. The van der Waals surface area contributed by atoms with Gasteiger partial charge in [0.25, 0.3) is 0 Å². The second kappa shape index (κ2) is 6.64. The molecule has 3 rings (SSSR count). The second-order valence-electron chi connectivity index (χ2n) is 6.37. The number of hydrogen-bond acceptors (Lipinski definition) is 4. The highest BCUT2D eigenvalue weighted by molar-refractivity contribution is 6.32. The lowest BCUT2D eigenvalue weighted by atomic mass is 9.59. The van der Waals surface area contributed by atoms with E-state index < -0.39 is 35.6 Å².